The van der Waals surface area contributed by atoms with Gasteiger partial charge in [-0.15, -0.1) is 0 Å². The number of nitrogens with one attached hydrogen (secondary N) is 1. The van der Waals surface area contributed by atoms with Crippen LogP contribution in [0.2, 0.25) is 0 Å². The maximum absolute atomic E-state index is 13.7. The summed E-state index contributed by atoms with van der Waals surface area (Å²) < 4.78 is 40.3. The zero-order valence-electron chi connectivity index (χ0n) is 10.7. The van der Waals surface area contributed by atoms with E-state index in [0.717, 1.165) is 12.1 Å². The van der Waals surface area contributed by atoms with Crippen LogP contribution in [0.4, 0.5) is 13.2 Å². The summed E-state index contributed by atoms with van der Waals surface area (Å²) in [6.07, 6.45) is 2.97. The van der Waals surface area contributed by atoms with E-state index < -0.39 is 22.9 Å². The van der Waals surface area contributed by atoms with E-state index in [-0.39, 0.29) is 5.56 Å². The Morgan fingerprint density at radius 3 is 2.22 bits per heavy atom. The zero-order valence-corrected chi connectivity index (χ0v) is 10.7. The van der Waals surface area contributed by atoms with Gasteiger partial charge >= 0.3 is 0 Å². The second-order valence-corrected chi connectivity index (χ2v) is 5.61. The van der Waals surface area contributed by atoms with Crippen molar-refractivity contribution in [2.75, 3.05) is 6.54 Å². The maximum atomic E-state index is 13.7. The van der Waals surface area contributed by atoms with Gasteiger partial charge in [0.25, 0.3) is 0 Å². The SMILES string of the molecule is CC(C)(CCNC1CC1)c1c(F)cc(F)cc1F. The number of benzene rings is 1. The van der Waals surface area contributed by atoms with Gasteiger partial charge in [-0.1, -0.05) is 13.8 Å². The summed E-state index contributed by atoms with van der Waals surface area (Å²) in [5.41, 5.74) is -0.675. The van der Waals surface area contributed by atoms with Crippen LogP contribution in [0.1, 0.15) is 38.7 Å². The van der Waals surface area contributed by atoms with Gasteiger partial charge in [-0.3, -0.25) is 0 Å². The van der Waals surface area contributed by atoms with Crippen LogP contribution in [-0.4, -0.2) is 12.6 Å². The summed E-state index contributed by atoms with van der Waals surface area (Å²) >= 11 is 0. The Kier molecular flexibility index (Phi) is 3.66. The van der Waals surface area contributed by atoms with Crippen LogP contribution in [0.5, 0.6) is 0 Å². The number of halogens is 3. The summed E-state index contributed by atoms with van der Waals surface area (Å²) in [6, 6.07) is 2.06. The molecule has 4 heteroatoms. The Morgan fingerprint density at radius 2 is 1.72 bits per heavy atom. The molecule has 1 aliphatic carbocycles. The fourth-order valence-electron chi connectivity index (χ4n) is 2.19. The van der Waals surface area contributed by atoms with Gasteiger partial charge < -0.3 is 5.32 Å². The Balaban J connectivity index is 2.11. The molecule has 0 amide bonds. The molecule has 0 unspecified atom stereocenters. The molecule has 0 bridgehead atoms. The van der Waals surface area contributed by atoms with Crippen molar-refractivity contribution in [3.8, 4) is 0 Å². The Hall–Kier alpha value is -1.03. The van der Waals surface area contributed by atoms with Gasteiger partial charge in [0.05, 0.1) is 0 Å². The maximum Gasteiger partial charge on any atom is 0.132 e. The number of rotatable bonds is 5. The monoisotopic (exact) mass is 257 g/mol. The number of hydrogen-bond acceptors (Lipinski definition) is 1. The summed E-state index contributed by atoms with van der Waals surface area (Å²) in [4.78, 5) is 0. The molecule has 18 heavy (non-hydrogen) atoms. The van der Waals surface area contributed by atoms with E-state index in [1.165, 1.54) is 12.8 Å². The van der Waals surface area contributed by atoms with Crippen LogP contribution in [0.25, 0.3) is 0 Å². The molecule has 100 valence electrons. The first-order valence-corrected chi connectivity index (χ1v) is 6.28. The molecule has 1 aromatic carbocycles. The molecule has 1 aromatic rings. The average molecular weight is 257 g/mol. The molecule has 1 nitrogen and oxygen atoms in total. The fourth-order valence-corrected chi connectivity index (χ4v) is 2.19. The summed E-state index contributed by atoms with van der Waals surface area (Å²) in [5, 5.41) is 3.31. The molecule has 1 saturated carbocycles. The van der Waals surface area contributed by atoms with Crippen LogP contribution in [0, 0.1) is 17.5 Å². The second kappa shape index (κ2) is 4.92. The predicted octanol–water partition coefficient (Wildman–Crippen LogP) is 3.52. The van der Waals surface area contributed by atoms with Gasteiger partial charge in [-0.2, -0.15) is 0 Å². The van der Waals surface area contributed by atoms with Crippen LogP contribution in [-0.2, 0) is 5.41 Å². The van der Waals surface area contributed by atoms with Gasteiger partial charge in [-0.05, 0) is 31.2 Å². The summed E-state index contributed by atoms with van der Waals surface area (Å²) in [5.74, 6) is -2.48. The molecule has 0 radical (unpaired) electrons. The Bertz CT molecular complexity index is 416. The van der Waals surface area contributed by atoms with E-state index in [0.29, 0.717) is 19.0 Å². The second-order valence-electron chi connectivity index (χ2n) is 5.61. The normalized spacial score (nSPS) is 16.1. The van der Waals surface area contributed by atoms with Crippen LogP contribution in [0.15, 0.2) is 12.1 Å². The smallest absolute Gasteiger partial charge is 0.132 e. The third kappa shape index (κ3) is 3.05. The first-order valence-electron chi connectivity index (χ1n) is 6.28. The Morgan fingerprint density at radius 1 is 1.17 bits per heavy atom. The van der Waals surface area contributed by atoms with Crippen molar-refractivity contribution in [3.63, 3.8) is 0 Å². The number of hydrogen-bond donors (Lipinski definition) is 1. The van der Waals surface area contributed by atoms with Crippen molar-refractivity contribution < 1.29 is 13.2 Å². The van der Waals surface area contributed by atoms with E-state index in [1.807, 2.05) is 0 Å². The third-order valence-corrected chi connectivity index (χ3v) is 3.44. The van der Waals surface area contributed by atoms with Crippen molar-refractivity contribution in [1.82, 2.24) is 5.32 Å². The van der Waals surface area contributed by atoms with Crippen molar-refractivity contribution in [2.45, 2.75) is 44.6 Å². The van der Waals surface area contributed by atoms with Crippen molar-refractivity contribution in [1.29, 1.82) is 0 Å². The standard InChI is InChI=1S/C14H18F3N/c1-14(2,5-6-18-10-3-4-10)13-11(16)7-9(15)8-12(13)17/h7-8,10,18H,3-6H2,1-2H3. The van der Waals surface area contributed by atoms with Crippen molar-refractivity contribution >= 4 is 0 Å². The largest absolute Gasteiger partial charge is 0.314 e. The molecular weight excluding hydrogens is 239 g/mol. The zero-order chi connectivity index (χ0) is 13.3. The first-order chi connectivity index (χ1) is 8.40. The molecule has 0 atom stereocenters. The lowest BCUT2D eigenvalue weighted by atomic mass is 9.81. The van der Waals surface area contributed by atoms with Gasteiger partial charge in [0.2, 0.25) is 0 Å². The van der Waals surface area contributed by atoms with Crippen LogP contribution < -0.4 is 5.32 Å². The van der Waals surface area contributed by atoms with Gasteiger partial charge in [0, 0.05) is 23.7 Å². The van der Waals surface area contributed by atoms with Crippen molar-refractivity contribution in [2.24, 2.45) is 0 Å². The summed E-state index contributed by atoms with van der Waals surface area (Å²) in [6.45, 7) is 4.27. The molecule has 0 aromatic heterocycles. The highest BCUT2D eigenvalue weighted by Crippen LogP contribution is 2.32. The quantitative estimate of drug-likeness (QED) is 0.851. The molecule has 1 N–H and O–H groups in total. The van der Waals surface area contributed by atoms with E-state index in [1.54, 1.807) is 13.8 Å². The third-order valence-electron chi connectivity index (χ3n) is 3.44. The van der Waals surface area contributed by atoms with Gasteiger partial charge in [-0.25, -0.2) is 13.2 Å². The minimum atomic E-state index is -0.874. The molecular formula is C14H18F3N. The lowest BCUT2D eigenvalue weighted by molar-refractivity contribution is 0.404. The van der Waals surface area contributed by atoms with E-state index in [4.69, 9.17) is 0 Å². The highest BCUT2D eigenvalue weighted by atomic mass is 19.1. The molecule has 0 heterocycles. The van der Waals surface area contributed by atoms with E-state index in [2.05, 4.69) is 5.32 Å². The van der Waals surface area contributed by atoms with Gasteiger partial charge in [0.1, 0.15) is 17.5 Å². The van der Waals surface area contributed by atoms with Crippen LogP contribution >= 0.6 is 0 Å². The highest BCUT2D eigenvalue weighted by Gasteiger charge is 2.29. The summed E-state index contributed by atoms with van der Waals surface area (Å²) in [7, 11) is 0. The van der Waals surface area contributed by atoms with E-state index >= 15 is 0 Å². The van der Waals surface area contributed by atoms with E-state index in [9.17, 15) is 13.2 Å². The topological polar surface area (TPSA) is 12.0 Å². The molecule has 1 fully saturated rings. The van der Waals surface area contributed by atoms with Gasteiger partial charge in [0.15, 0.2) is 0 Å². The molecule has 0 aliphatic heterocycles. The van der Waals surface area contributed by atoms with Crippen molar-refractivity contribution in [3.05, 3.63) is 35.1 Å². The lowest BCUT2D eigenvalue weighted by Crippen LogP contribution is -2.28. The highest BCUT2D eigenvalue weighted by molar-refractivity contribution is 5.28. The lowest BCUT2D eigenvalue weighted by Gasteiger charge is -2.26. The molecule has 0 saturated heterocycles. The average Bonchev–Trinajstić information content (AvgIpc) is 2.98. The minimum absolute atomic E-state index is 0.0264. The first kappa shape index (κ1) is 13.4. The fraction of sp³-hybridized carbons (Fsp3) is 0.571. The molecule has 1 aliphatic rings. The molecule has 0 spiro atoms. The minimum Gasteiger partial charge on any atom is -0.314 e. The predicted molar refractivity (Wildman–Crippen MR) is 65.0 cm³/mol. The Labute approximate surface area is 105 Å². The van der Waals surface area contributed by atoms with Crippen LogP contribution in [0.3, 0.4) is 0 Å². The molecule has 2 rings (SSSR count).